The van der Waals surface area contributed by atoms with Gasteiger partial charge in [-0.2, -0.15) is 5.10 Å². The molecule has 3 unspecified atom stereocenters. The lowest BCUT2D eigenvalue weighted by atomic mass is 9.74. The summed E-state index contributed by atoms with van der Waals surface area (Å²) in [5.41, 5.74) is 1.60. The molecular formula is C16H27BrN2O2. The highest BCUT2D eigenvalue weighted by atomic mass is 79.9. The number of hydrogen-bond donors (Lipinski definition) is 1. The summed E-state index contributed by atoms with van der Waals surface area (Å²) >= 11 is 3.59. The van der Waals surface area contributed by atoms with Gasteiger partial charge in [-0.25, -0.2) is 0 Å². The Bertz CT molecular complexity index is 485. The van der Waals surface area contributed by atoms with Gasteiger partial charge in [0.25, 0.3) is 0 Å². The first-order valence-electron chi connectivity index (χ1n) is 7.89. The fraction of sp³-hybridized carbons (Fsp3) is 0.812. The average Bonchev–Trinajstić information content (AvgIpc) is 2.65. The number of aliphatic hydroxyl groups is 1. The minimum atomic E-state index is -0.494. The molecule has 1 aliphatic rings. The molecule has 0 aromatic carbocycles. The first-order valence-corrected chi connectivity index (χ1v) is 8.69. The Hall–Kier alpha value is -0.390. The number of hydrogen-bond acceptors (Lipinski definition) is 3. The lowest BCUT2D eigenvalue weighted by Crippen LogP contribution is -2.49. The van der Waals surface area contributed by atoms with Crippen molar-refractivity contribution in [3.63, 3.8) is 0 Å². The zero-order chi connectivity index (χ0) is 15.6. The van der Waals surface area contributed by atoms with E-state index in [2.05, 4.69) is 28.0 Å². The van der Waals surface area contributed by atoms with Gasteiger partial charge in [0.1, 0.15) is 0 Å². The van der Waals surface area contributed by atoms with E-state index in [0.29, 0.717) is 18.9 Å². The van der Waals surface area contributed by atoms with Crippen LogP contribution in [0.2, 0.25) is 0 Å². The van der Waals surface area contributed by atoms with E-state index in [1.54, 1.807) is 0 Å². The summed E-state index contributed by atoms with van der Waals surface area (Å²) in [7, 11) is 1.93. The lowest BCUT2D eigenvalue weighted by molar-refractivity contribution is -0.147. The van der Waals surface area contributed by atoms with E-state index in [0.717, 1.165) is 35.1 Å². The molecule has 4 nitrogen and oxygen atoms in total. The Morgan fingerprint density at radius 3 is 2.81 bits per heavy atom. The Kier molecular flexibility index (Phi) is 5.49. The molecule has 1 fully saturated rings. The summed E-state index contributed by atoms with van der Waals surface area (Å²) in [6.45, 7) is 6.89. The molecule has 3 atom stereocenters. The van der Waals surface area contributed by atoms with Gasteiger partial charge in [0.05, 0.1) is 27.6 Å². The third-order valence-corrected chi connectivity index (χ3v) is 5.71. The molecule has 0 bridgehead atoms. The van der Waals surface area contributed by atoms with Crippen LogP contribution in [0, 0.1) is 12.8 Å². The Labute approximate surface area is 136 Å². The van der Waals surface area contributed by atoms with Gasteiger partial charge >= 0.3 is 0 Å². The summed E-state index contributed by atoms with van der Waals surface area (Å²) in [6, 6.07) is 0. The molecule has 0 aliphatic heterocycles. The number of aliphatic hydroxyl groups excluding tert-OH is 1. The first-order chi connectivity index (χ1) is 9.89. The van der Waals surface area contributed by atoms with Crippen molar-refractivity contribution in [2.45, 2.75) is 64.6 Å². The normalized spacial score (nSPS) is 27.8. The predicted octanol–water partition coefficient (Wildman–Crippen LogP) is 3.38. The molecule has 120 valence electrons. The van der Waals surface area contributed by atoms with Crippen LogP contribution in [0.3, 0.4) is 0 Å². The quantitative estimate of drug-likeness (QED) is 0.877. The van der Waals surface area contributed by atoms with Crippen LogP contribution in [0.1, 0.15) is 50.9 Å². The minimum absolute atomic E-state index is 0.399. The van der Waals surface area contributed by atoms with Gasteiger partial charge < -0.3 is 9.84 Å². The zero-order valence-corrected chi connectivity index (χ0v) is 15.1. The number of rotatable bonds is 5. The van der Waals surface area contributed by atoms with Crippen molar-refractivity contribution in [1.29, 1.82) is 0 Å². The van der Waals surface area contributed by atoms with Crippen LogP contribution < -0.4 is 0 Å². The Morgan fingerprint density at radius 1 is 1.57 bits per heavy atom. The summed E-state index contributed by atoms with van der Waals surface area (Å²) in [5, 5.41) is 15.3. The molecule has 2 rings (SSSR count). The molecule has 1 saturated carbocycles. The monoisotopic (exact) mass is 358 g/mol. The van der Waals surface area contributed by atoms with Gasteiger partial charge in [-0.05, 0) is 48.5 Å². The number of aromatic nitrogens is 2. The van der Waals surface area contributed by atoms with Crippen molar-refractivity contribution in [3.05, 3.63) is 15.9 Å². The second kappa shape index (κ2) is 6.80. The van der Waals surface area contributed by atoms with Crippen LogP contribution in [0.15, 0.2) is 4.47 Å². The summed E-state index contributed by atoms with van der Waals surface area (Å²) < 4.78 is 8.92. The van der Waals surface area contributed by atoms with Crippen molar-refractivity contribution >= 4 is 15.9 Å². The van der Waals surface area contributed by atoms with Crippen LogP contribution in [-0.2, 0) is 18.2 Å². The van der Waals surface area contributed by atoms with Crippen LogP contribution in [0.25, 0.3) is 0 Å². The van der Waals surface area contributed by atoms with E-state index >= 15 is 0 Å². The van der Waals surface area contributed by atoms with Crippen molar-refractivity contribution in [2.24, 2.45) is 13.0 Å². The summed E-state index contributed by atoms with van der Waals surface area (Å²) in [4.78, 5) is 0. The van der Waals surface area contributed by atoms with Gasteiger partial charge in [-0.1, -0.05) is 19.8 Å². The smallest absolute Gasteiger partial charge is 0.0946 e. The van der Waals surface area contributed by atoms with E-state index in [1.165, 1.54) is 6.42 Å². The molecule has 1 heterocycles. The van der Waals surface area contributed by atoms with E-state index < -0.39 is 11.7 Å². The first kappa shape index (κ1) is 17.0. The zero-order valence-electron chi connectivity index (χ0n) is 13.5. The molecule has 21 heavy (non-hydrogen) atoms. The van der Waals surface area contributed by atoms with Crippen LogP contribution in [0.4, 0.5) is 0 Å². The topological polar surface area (TPSA) is 47.3 Å². The van der Waals surface area contributed by atoms with Gasteiger partial charge in [0, 0.05) is 20.1 Å². The lowest BCUT2D eigenvalue weighted by Gasteiger charge is -2.43. The Balaban J connectivity index is 2.20. The van der Waals surface area contributed by atoms with Crippen LogP contribution in [0.5, 0.6) is 0 Å². The van der Waals surface area contributed by atoms with Gasteiger partial charge in [-0.15, -0.1) is 0 Å². The largest absolute Gasteiger partial charge is 0.390 e. The molecule has 0 amide bonds. The van der Waals surface area contributed by atoms with Crippen LogP contribution >= 0.6 is 15.9 Å². The summed E-state index contributed by atoms with van der Waals surface area (Å²) in [5.74, 6) is 0.608. The van der Waals surface area contributed by atoms with Gasteiger partial charge in [-0.3, -0.25) is 4.68 Å². The SMILES string of the molecule is CCOC1(C(O)Cc2c(Br)c(C)nn2C)CCCC(C)C1. The maximum atomic E-state index is 10.9. The van der Waals surface area contributed by atoms with E-state index in [1.807, 2.05) is 25.6 Å². The Morgan fingerprint density at radius 2 is 2.29 bits per heavy atom. The molecule has 5 heteroatoms. The van der Waals surface area contributed by atoms with E-state index in [9.17, 15) is 5.11 Å². The molecule has 0 radical (unpaired) electrons. The fourth-order valence-electron chi connectivity index (χ4n) is 3.63. The van der Waals surface area contributed by atoms with Crippen molar-refractivity contribution in [3.8, 4) is 0 Å². The van der Waals surface area contributed by atoms with Gasteiger partial charge in [0.15, 0.2) is 0 Å². The highest BCUT2D eigenvalue weighted by Gasteiger charge is 2.42. The second-order valence-electron chi connectivity index (χ2n) is 6.39. The maximum absolute atomic E-state index is 10.9. The molecule has 1 N–H and O–H groups in total. The van der Waals surface area contributed by atoms with Crippen molar-refractivity contribution < 1.29 is 9.84 Å². The fourth-order valence-corrected chi connectivity index (χ4v) is 4.13. The third-order valence-electron chi connectivity index (χ3n) is 4.68. The van der Waals surface area contributed by atoms with Crippen molar-refractivity contribution in [1.82, 2.24) is 9.78 Å². The maximum Gasteiger partial charge on any atom is 0.0946 e. The van der Waals surface area contributed by atoms with E-state index in [-0.39, 0.29) is 0 Å². The standard InChI is InChI=1S/C16H27BrN2O2/c1-5-21-16(8-6-7-11(2)10-16)14(20)9-13-15(17)12(3)18-19(13)4/h11,14,20H,5-10H2,1-4H3. The highest BCUT2D eigenvalue weighted by molar-refractivity contribution is 9.10. The number of aryl methyl sites for hydroxylation is 2. The molecule has 0 saturated heterocycles. The predicted molar refractivity (Wildman–Crippen MR) is 87.3 cm³/mol. The minimum Gasteiger partial charge on any atom is -0.390 e. The number of halogens is 1. The number of ether oxygens (including phenoxy) is 1. The second-order valence-corrected chi connectivity index (χ2v) is 7.18. The highest BCUT2D eigenvalue weighted by Crippen LogP contribution is 2.39. The van der Waals surface area contributed by atoms with Gasteiger partial charge in [0.2, 0.25) is 0 Å². The molecule has 1 aromatic rings. The summed E-state index contributed by atoms with van der Waals surface area (Å²) in [6.07, 6.45) is 4.33. The third kappa shape index (κ3) is 3.51. The molecule has 0 spiro atoms. The van der Waals surface area contributed by atoms with Crippen LogP contribution in [-0.4, -0.2) is 33.2 Å². The van der Waals surface area contributed by atoms with E-state index in [4.69, 9.17) is 4.74 Å². The molecule has 1 aliphatic carbocycles. The van der Waals surface area contributed by atoms with Crippen molar-refractivity contribution in [2.75, 3.05) is 6.61 Å². The number of nitrogens with zero attached hydrogens (tertiary/aromatic N) is 2. The molecule has 1 aromatic heterocycles. The average molecular weight is 359 g/mol. The molecular weight excluding hydrogens is 332 g/mol.